The molecule has 0 aliphatic carbocycles. The van der Waals surface area contributed by atoms with Crippen LogP contribution in [0.1, 0.15) is 6.42 Å². The fraction of sp³-hybridized carbons (Fsp3) is 0.364. The van der Waals surface area contributed by atoms with Gasteiger partial charge in [0.1, 0.15) is 0 Å². The van der Waals surface area contributed by atoms with Gasteiger partial charge in [0, 0.05) is 17.9 Å². The second kappa shape index (κ2) is 9.36. The van der Waals surface area contributed by atoms with Crippen molar-refractivity contribution in [2.24, 2.45) is 5.73 Å². The monoisotopic (exact) mass is 330 g/mol. The number of hydrogen-bond donors (Lipinski definition) is 2. The molecule has 0 saturated carbocycles. The maximum Gasteiger partial charge on any atom is 0.247 e. The van der Waals surface area contributed by atoms with Crippen LogP contribution in [-0.2, 0) is 4.79 Å². The summed E-state index contributed by atoms with van der Waals surface area (Å²) in [7, 11) is 0. The van der Waals surface area contributed by atoms with E-state index in [2.05, 4.69) is 5.32 Å². The number of benzene rings is 1. The first-order valence-electron chi connectivity index (χ1n) is 5.24. The summed E-state index contributed by atoms with van der Waals surface area (Å²) in [6, 6.07) is 4.86. The van der Waals surface area contributed by atoms with Crippen molar-refractivity contribution in [3.63, 3.8) is 0 Å². The van der Waals surface area contributed by atoms with Gasteiger partial charge in [0.05, 0.1) is 16.5 Å². The second-order valence-electron chi connectivity index (χ2n) is 3.41. The lowest BCUT2D eigenvalue weighted by molar-refractivity contribution is -0.116. The van der Waals surface area contributed by atoms with Crippen LogP contribution in [0.15, 0.2) is 23.1 Å². The minimum Gasteiger partial charge on any atom is -0.330 e. The molecule has 1 aromatic carbocycles. The summed E-state index contributed by atoms with van der Waals surface area (Å²) in [4.78, 5) is 11.9. The molecule has 8 heteroatoms. The van der Waals surface area contributed by atoms with E-state index in [1.165, 1.54) is 0 Å². The van der Waals surface area contributed by atoms with Crippen LogP contribution in [0.3, 0.4) is 0 Å². The molecule has 3 nitrogen and oxygen atoms in total. The average Bonchev–Trinajstić information content (AvgIpc) is 2.28. The molecule has 0 bridgehead atoms. The van der Waals surface area contributed by atoms with Crippen molar-refractivity contribution in [2.75, 3.05) is 17.6 Å². The van der Waals surface area contributed by atoms with Gasteiger partial charge in [-0.25, -0.2) is 8.78 Å². The number of amides is 1. The molecule has 0 aliphatic rings. The van der Waals surface area contributed by atoms with Gasteiger partial charge < -0.3 is 11.1 Å². The van der Waals surface area contributed by atoms with Crippen LogP contribution in [0.4, 0.5) is 14.5 Å². The maximum absolute atomic E-state index is 12.2. The van der Waals surface area contributed by atoms with Gasteiger partial charge in [-0.1, -0.05) is 17.7 Å². The molecule has 0 radical (unpaired) electrons. The van der Waals surface area contributed by atoms with E-state index in [1.54, 1.807) is 18.2 Å². The van der Waals surface area contributed by atoms with E-state index in [1.807, 2.05) is 0 Å². The largest absolute Gasteiger partial charge is 0.330 e. The molecule has 0 aromatic heterocycles. The zero-order valence-electron chi connectivity index (χ0n) is 9.87. The van der Waals surface area contributed by atoms with Crippen LogP contribution in [0.25, 0.3) is 0 Å². The summed E-state index contributed by atoms with van der Waals surface area (Å²) in [6.07, 6.45) is -2.26. The molecule has 0 atom stereocenters. The van der Waals surface area contributed by atoms with E-state index >= 15 is 0 Å². The number of rotatable bonds is 6. The molecule has 1 aromatic rings. The first-order valence-corrected chi connectivity index (χ1v) is 6.60. The Morgan fingerprint density at radius 3 is 2.74 bits per heavy atom. The zero-order chi connectivity index (χ0) is 13.5. The van der Waals surface area contributed by atoms with Gasteiger partial charge in [-0.15, -0.1) is 24.2 Å². The number of halogens is 4. The Morgan fingerprint density at radius 2 is 2.16 bits per heavy atom. The fourth-order valence-electron chi connectivity index (χ4n) is 1.24. The van der Waals surface area contributed by atoms with Crippen molar-refractivity contribution < 1.29 is 13.6 Å². The van der Waals surface area contributed by atoms with E-state index in [9.17, 15) is 13.6 Å². The lowest BCUT2D eigenvalue weighted by Gasteiger charge is -2.12. The molecule has 3 N–H and O–H groups in total. The Kier molecular flexibility index (Phi) is 9.08. The highest BCUT2D eigenvalue weighted by molar-refractivity contribution is 7.99. The number of carbonyl (C=O) groups is 1. The van der Waals surface area contributed by atoms with Gasteiger partial charge in [0.15, 0.2) is 0 Å². The van der Waals surface area contributed by atoms with Crippen molar-refractivity contribution in [3.05, 3.63) is 23.2 Å². The summed E-state index contributed by atoms with van der Waals surface area (Å²) < 4.78 is 24.4. The quantitative estimate of drug-likeness (QED) is 0.786. The Labute approximate surface area is 125 Å². The van der Waals surface area contributed by atoms with Crippen molar-refractivity contribution in [1.29, 1.82) is 0 Å². The number of hydrogen-bond acceptors (Lipinski definition) is 3. The van der Waals surface area contributed by atoms with E-state index in [-0.39, 0.29) is 37.0 Å². The van der Waals surface area contributed by atoms with E-state index in [0.29, 0.717) is 15.6 Å². The van der Waals surface area contributed by atoms with Crippen LogP contribution in [0.2, 0.25) is 5.02 Å². The molecule has 0 unspecified atom stereocenters. The Balaban J connectivity index is 0.00000324. The van der Waals surface area contributed by atoms with Gasteiger partial charge in [0.25, 0.3) is 0 Å². The summed E-state index contributed by atoms with van der Waals surface area (Å²) in [5.41, 5.74) is 5.69. The lowest BCUT2D eigenvalue weighted by atomic mass is 10.3. The third kappa shape index (κ3) is 6.42. The Hall–Kier alpha value is -0.560. The molecule has 19 heavy (non-hydrogen) atoms. The van der Waals surface area contributed by atoms with Gasteiger partial charge in [-0.3, -0.25) is 4.79 Å². The first-order chi connectivity index (χ1) is 8.54. The third-order valence-corrected chi connectivity index (χ3v) is 3.54. The molecule has 1 rings (SSSR count). The van der Waals surface area contributed by atoms with Gasteiger partial charge >= 0.3 is 0 Å². The highest BCUT2D eigenvalue weighted by Crippen LogP contribution is 2.35. The molecular weight excluding hydrogens is 317 g/mol. The lowest BCUT2D eigenvalue weighted by Crippen LogP contribution is -2.16. The van der Waals surface area contributed by atoms with Crippen LogP contribution >= 0.6 is 35.8 Å². The normalized spacial score (nSPS) is 10.2. The van der Waals surface area contributed by atoms with Gasteiger partial charge in [0.2, 0.25) is 12.3 Å². The van der Waals surface area contributed by atoms with Crippen LogP contribution in [0.5, 0.6) is 0 Å². The molecule has 1 amide bonds. The highest BCUT2D eigenvalue weighted by atomic mass is 35.5. The van der Waals surface area contributed by atoms with Crippen LogP contribution < -0.4 is 11.1 Å². The van der Waals surface area contributed by atoms with Crippen LogP contribution in [-0.4, -0.2) is 24.6 Å². The number of carbonyl (C=O) groups excluding carboxylic acids is 1. The minimum absolute atomic E-state index is 0. The fourth-order valence-corrected chi connectivity index (χ4v) is 2.36. The topological polar surface area (TPSA) is 55.1 Å². The highest BCUT2D eigenvalue weighted by Gasteiger charge is 2.12. The summed E-state index contributed by atoms with van der Waals surface area (Å²) in [5, 5.41) is 2.95. The smallest absolute Gasteiger partial charge is 0.247 e. The maximum atomic E-state index is 12.2. The van der Waals surface area contributed by atoms with Crippen molar-refractivity contribution in [1.82, 2.24) is 0 Å². The van der Waals surface area contributed by atoms with Crippen molar-refractivity contribution >= 4 is 47.4 Å². The molecule has 0 aliphatic heterocycles. The standard InChI is InChI=1S/C11H13ClF2N2OS.ClH/c12-7-2-1-3-8(16-10(17)4-5-15)11(7)18-6-9(13)14;/h1-3,9H,4-6,15H2,(H,16,17);1H. The number of thioether (sulfide) groups is 1. The van der Waals surface area contributed by atoms with Crippen molar-refractivity contribution in [3.8, 4) is 0 Å². The number of anilines is 1. The van der Waals surface area contributed by atoms with E-state index < -0.39 is 6.43 Å². The molecule has 0 heterocycles. The number of nitrogens with one attached hydrogen (secondary N) is 1. The molecule has 108 valence electrons. The summed E-state index contributed by atoms with van der Waals surface area (Å²) in [6.45, 7) is 0.228. The SMILES string of the molecule is Cl.NCCC(=O)Nc1cccc(Cl)c1SCC(F)F. The summed E-state index contributed by atoms with van der Waals surface area (Å²) >= 11 is 6.85. The predicted molar refractivity (Wildman–Crippen MR) is 77.7 cm³/mol. The van der Waals surface area contributed by atoms with Crippen LogP contribution in [0, 0.1) is 0 Å². The molecule has 0 spiro atoms. The number of alkyl halides is 2. The average molecular weight is 331 g/mol. The number of nitrogens with two attached hydrogens (primary N) is 1. The first kappa shape index (κ1) is 18.4. The predicted octanol–water partition coefficient (Wildman–Crippen LogP) is 3.41. The van der Waals surface area contributed by atoms with Gasteiger partial charge in [-0.2, -0.15) is 0 Å². The Bertz CT molecular complexity index is 422. The van der Waals surface area contributed by atoms with Gasteiger partial charge in [-0.05, 0) is 12.1 Å². The molecule has 0 saturated heterocycles. The molecule has 0 fully saturated rings. The summed E-state index contributed by atoms with van der Waals surface area (Å²) in [5.74, 6) is -0.637. The van der Waals surface area contributed by atoms with E-state index in [4.69, 9.17) is 17.3 Å². The second-order valence-corrected chi connectivity index (χ2v) is 4.84. The zero-order valence-corrected chi connectivity index (χ0v) is 12.3. The van der Waals surface area contributed by atoms with E-state index in [0.717, 1.165) is 11.8 Å². The molecular formula is C11H14Cl2F2N2OS. The minimum atomic E-state index is -2.43. The third-order valence-electron chi connectivity index (χ3n) is 1.97. The van der Waals surface area contributed by atoms with Crippen molar-refractivity contribution in [2.45, 2.75) is 17.7 Å². The Morgan fingerprint density at radius 1 is 1.47 bits per heavy atom.